The lowest BCUT2D eigenvalue weighted by Gasteiger charge is -2.13. The SMILES string of the molecule is O=C(N[C@H](C(=O)O)c1ccccc1)c1ccn(-c2ccccc2)n1. The van der Waals surface area contributed by atoms with Crippen LogP contribution < -0.4 is 5.32 Å². The molecular weight excluding hydrogens is 306 g/mol. The van der Waals surface area contributed by atoms with Gasteiger partial charge in [0, 0.05) is 6.20 Å². The van der Waals surface area contributed by atoms with Gasteiger partial charge in [-0.1, -0.05) is 48.5 Å². The van der Waals surface area contributed by atoms with Crippen LogP contribution in [0.25, 0.3) is 5.69 Å². The summed E-state index contributed by atoms with van der Waals surface area (Å²) in [6.07, 6.45) is 1.66. The van der Waals surface area contributed by atoms with Crippen LogP contribution in [-0.4, -0.2) is 26.8 Å². The van der Waals surface area contributed by atoms with Crippen molar-refractivity contribution in [1.82, 2.24) is 15.1 Å². The van der Waals surface area contributed by atoms with Gasteiger partial charge < -0.3 is 10.4 Å². The fraction of sp³-hybridized carbons (Fsp3) is 0.0556. The molecule has 1 heterocycles. The first-order chi connectivity index (χ1) is 11.6. The smallest absolute Gasteiger partial charge is 0.330 e. The fourth-order valence-corrected chi connectivity index (χ4v) is 2.31. The molecule has 0 spiro atoms. The van der Waals surface area contributed by atoms with Crippen molar-refractivity contribution in [3.05, 3.63) is 84.2 Å². The van der Waals surface area contributed by atoms with Crippen LogP contribution in [-0.2, 0) is 4.79 Å². The molecule has 2 aromatic carbocycles. The van der Waals surface area contributed by atoms with E-state index in [1.165, 1.54) is 0 Å². The maximum atomic E-state index is 12.3. The zero-order valence-electron chi connectivity index (χ0n) is 12.7. The minimum Gasteiger partial charge on any atom is -0.479 e. The summed E-state index contributed by atoms with van der Waals surface area (Å²) >= 11 is 0. The first kappa shape index (κ1) is 15.5. The van der Waals surface area contributed by atoms with Crippen molar-refractivity contribution < 1.29 is 14.7 Å². The molecule has 3 rings (SSSR count). The van der Waals surface area contributed by atoms with Crippen LogP contribution in [0.1, 0.15) is 22.1 Å². The second-order valence-electron chi connectivity index (χ2n) is 5.14. The number of carboxylic acid groups (broad SMARTS) is 1. The van der Waals surface area contributed by atoms with Gasteiger partial charge in [-0.3, -0.25) is 4.79 Å². The molecule has 1 aromatic heterocycles. The van der Waals surface area contributed by atoms with Gasteiger partial charge in [-0.2, -0.15) is 5.10 Å². The maximum Gasteiger partial charge on any atom is 0.330 e. The number of nitrogens with zero attached hydrogens (tertiary/aromatic N) is 2. The number of hydrogen-bond acceptors (Lipinski definition) is 3. The number of para-hydroxylation sites is 1. The summed E-state index contributed by atoms with van der Waals surface area (Å²) in [5.41, 5.74) is 1.47. The van der Waals surface area contributed by atoms with Crippen LogP contribution in [0, 0.1) is 0 Å². The van der Waals surface area contributed by atoms with Crippen molar-refractivity contribution in [3.8, 4) is 5.69 Å². The van der Waals surface area contributed by atoms with E-state index in [1.54, 1.807) is 47.3 Å². The number of hydrogen-bond donors (Lipinski definition) is 2. The van der Waals surface area contributed by atoms with E-state index < -0.39 is 17.9 Å². The molecule has 0 aliphatic rings. The molecule has 120 valence electrons. The molecule has 2 N–H and O–H groups in total. The number of carboxylic acids is 1. The lowest BCUT2D eigenvalue weighted by molar-refractivity contribution is -0.139. The fourth-order valence-electron chi connectivity index (χ4n) is 2.31. The summed E-state index contributed by atoms with van der Waals surface area (Å²) < 4.78 is 1.56. The Kier molecular flexibility index (Phi) is 4.38. The van der Waals surface area contributed by atoms with Crippen molar-refractivity contribution in [1.29, 1.82) is 0 Å². The Hall–Kier alpha value is -3.41. The van der Waals surface area contributed by atoms with Crippen LogP contribution in [0.15, 0.2) is 72.9 Å². The van der Waals surface area contributed by atoms with E-state index in [0.717, 1.165) is 5.69 Å². The van der Waals surface area contributed by atoms with Gasteiger partial charge in [0.2, 0.25) is 0 Å². The Morgan fingerprint density at radius 3 is 2.21 bits per heavy atom. The quantitative estimate of drug-likeness (QED) is 0.756. The molecule has 1 atom stereocenters. The van der Waals surface area contributed by atoms with Crippen LogP contribution in [0.2, 0.25) is 0 Å². The number of benzene rings is 2. The van der Waals surface area contributed by atoms with Gasteiger partial charge in [0.05, 0.1) is 5.69 Å². The number of aliphatic carboxylic acids is 1. The molecule has 0 fully saturated rings. The average Bonchev–Trinajstić information content (AvgIpc) is 3.11. The molecule has 0 saturated carbocycles. The standard InChI is InChI=1S/C18H15N3O3/c22-17(19-16(18(23)24)13-7-3-1-4-8-13)15-11-12-21(20-15)14-9-5-2-6-10-14/h1-12,16H,(H,19,22)(H,23,24)/t16-/m0/s1. The van der Waals surface area contributed by atoms with Crippen LogP contribution in [0.4, 0.5) is 0 Å². The average molecular weight is 321 g/mol. The highest BCUT2D eigenvalue weighted by Gasteiger charge is 2.23. The summed E-state index contributed by atoms with van der Waals surface area (Å²) in [6.45, 7) is 0. The number of carbonyl (C=O) groups is 2. The summed E-state index contributed by atoms with van der Waals surface area (Å²) in [6, 6.07) is 18.3. The largest absolute Gasteiger partial charge is 0.479 e. The number of nitrogens with one attached hydrogen (secondary N) is 1. The van der Waals surface area contributed by atoms with Crippen LogP contribution >= 0.6 is 0 Å². The van der Waals surface area contributed by atoms with Gasteiger partial charge in [-0.05, 0) is 23.8 Å². The number of amides is 1. The Labute approximate surface area is 138 Å². The zero-order chi connectivity index (χ0) is 16.9. The molecule has 3 aromatic rings. The molecule has 24 heavy (non-hydrogen) atoms. The van der Waals surface area contributed by atoms with E-state index in [4.69, 9.17) is 0 Å². The Bertz CT molecular complexity index is 844. The Morgan fingerprint density at radius 1 is 0.958 bits per heavy atom. The van der Waals surface area contributed by atoms with Crippen molar-refractivity contribution in [2.45, 2.75) is 6.04 Å². The van der Waals surface area contributed by atoms with Crippen molar-refractivity contribution in [2.24, 2.45) is 0 Å². The van der Waals surface area contributed by atoms with Gasteiger partial charge in [0.1, 0.15) is 0 Å². The van der Waals surface area contributed by atoms with E-state index >= 15 is 0 Å². The summed E-state index contributed by atoms with van der Waals surface area (Å²) in [4.78, 5) is 23.8. The number of aromatic nitrogens is 2. The Morgan fingerprint density at radius 2 is 1.58 bits per heavy atom. The highest BCUT2D eigenvalue weighted by atomic mass is 16.4. The van der Waals surface area contributed by atoms with Gasteiger partial charge >= 0.3 is 5.97 Å². The predicted octanol–water partition coefficient (Wildman–Crippen LogP) is 2.43. The van der Waals surface area contributed by atoms with Crippen molar-refractivity contribution >= 4 is 11.9 Å². The lowest BCUT2D eigenvalue weighted by atomic mass is 10.1. The van der Waals surface area contributed by atoms with Gasteiger partial charge in [0.25, 0.3) is 5.91 Å². The monoisotopic (exact) mass is 321 g/mol. The van der Waals surface area contributed by atoms with E-state index in [9.17, 15) is 14.7 Å². The Balaban J connectivity index is 1.79. The van der Waals surface area contributed by atoms with Crippen LogP contribution in [0.3, 0.4) is 0 Å². The van der Waals surface area contributed by atoms with E-state index in [0.29, 0.717) is 5.56 Å². The zero-order valence-corrected chi connectivity index (χ0v) is 12.7. The summed E-state index contributed by atoms with van der Waals surface area (Å²) in [5.74, 6) is -1.67. The molecule has 0 bridgehead atoms. The van der Waals surface area contributed by atoms with Gasteiger partial charge in [-0.25, -0.2) is 9.48 Å². The van der Waals surface area contributed by atoms with Crippen LogP contribution in [0.5, 0.6) is 0 Å². The third kappa shape index (κ3) is 3.33. The van der Waals surface area contributed by atoms with E-state index in [2.05, 4.69) is 10.4 Å². The molecular formula is C18H15N3O3. The molecule has 6 heteroatoms. The lowest BCUT2D eigenvalue weighted by Crippen LogP contribution is -2.34. The maximum absolute atomic E-state index is 12.3. The minimum atomic E-state index is -1.13. The minimum absolute atomic E-state index is 0.154. The molecule has 1 amide bonds. The highest BCUT2D eigenvalue weighted by Crippen LogP contribution is 2.14. The van der Waals surface area contributed by atoms with Gasteiger partial charge in [-0.15, -0.1) is 0 Å². The summed E-state index contributed by atoms with van der Waals surface area (Å²) in [7, 11) is 0. The second-order valence-corrected chi connectivity index (χ2v) is 5.14. The third-order valence-corrected chi connectivity index (χ3v) is 3.50. The number of rotatable bonds is 5. The molecule has 0 aliphatic heterocycles. The molecule has 0 radical (unpaired) electrons. The first-order valence-electron chi connectivity index (χ1n) is 7.35. The van der Waals surface area contributed by atoms with E-state index in [-0.39, 0.29) is 5.69 Å². The normalized spacial score (nSPS) is 11.7. The molecule has 0 unspecified atom stereocenters. The number of carbonyl (C=O) groups excluding carboxylic acids is 1. The first-order valence-corrected chi connectivity index (χ1v) is 7.35. The van der Waals surface area contributed by atoms with Gasteiger partial charge in [0.15, 0.2) is 11.7 Å². The van der Waals surface area contributed by atoms with Crippen molar-refractivity contribution in [2.75, 3.05) is 0 Å². The second kappa shape index (κ2) is 6.78. The molecule has 0 saturated heterocycles. The molecule has 0 aliphatic carbocycles. The summed E-state index contributed by atoms with van der Waals surface area (Å²) in [5, 5.41) is 16.1. The predicted molar refractivity (Wildman–Crippen MR) is 87.8 cm³/mol. The van der Waals surface area contributed by atoms with Crippen molar-refractivity contribution in [3.63, 3.8) is 0 Å². The third-order valence-electron chi connectivity index (χ3n) is 3.50. The topological polar surface area (TPSA) is 84.2 Å². The molecule has 6 nitrogen and oxygen atoms in total. The van der Waals surface area contributed by atoms with E-state index in [1.807, 2.05) is 30.3 Å². The highest BCUT2D eigenvalue weighted by molar-refractivity contribution is 5.95.